The van der Waals surface area contributed by atoms with Crippen LogP contribution in [0.2, 0.25) is 0 Å². The molecular formula is C55H106O6. The Morgan fingerprint density at radius 2 is 0.541 bits per heavy atom. The lowest BCUT2D eigenvalue weighted by atomic mass is 10.0. The van der Waals surface area contributed by atoms with Gasteiger partial charge in [0.25, 0.3) is 0 Å². The molecule has 0 aromatic carbocycles. The molecule has 61 heavy (non-hydrogen) atoms. The second-order valence-corrected chi connectivity index (χ2v) is 19.3. The summed E-state index contributed by atoms with van der Waals surface area (Å²) in [6, 6.07) is 0. The number of esters is 3. The van der Waals surface area contributed by atoms with Crippen LogP contribution in [-0.4, -0.2) is 37.2 Å². The normalized spacial score (nSPS) is 12.0. The molecule has 1 atom stereocenters. The van der Waals surface area contributed by atoms with Crippen molar-refractivity contribution in [2.45, 2.75) is 316 Å². The third-order valence-corrected chi connectivity index (χ3v) is 12.5. The quantitative estimate of drug-likeness (QED) is 0.0344. The number of hydrogen-bond donors (Lipinski definition) is 0. The topological polar surface area (TPSA) is 78.9 Å². The van der Waals surface area contributed by atoms with Crippen LogP contribution in [0.25, 0.3) is 0 Å². The fraction of sp³-hybridized carbons (Fsp3) is 0.945. The van der Waals surface area contributed by atoms with Crippen LogP contribution in [0.1, 0.15) is 310 Å². The van der Waals surface area contributed by atoms with Gasteiger partial charge in [0, 0.05) is 19.3 Å². The highest BCUT2D eigenvalue weighted by Gasteiger charge is 2.19. The molecule has 0 aliphatic rings. The van der Waals surface area contributed by atoms with Gasteiger partial charge in [-0.1, -0.05) is 272 Å². The molecule has 0 heterocycles. The van der Waals surface area contributed by atoms with Gasteiger partial charge in [-0.3, -0.25) is 14.4 Å². The number of hydrogen-bond acceptors (Lipinski definition) is 6. The second-order valence-electron chi connectivity index (χ2n) is 19.3. The van der Waals surface area contributed by atoms with E-state index < -0.39 is 6.10 Å². The van der Waals surface area contributed by atoms with Crippen molar-refractivity contribution in [2.24, 2.45) is 5.92 Å². The molecule has 0 N–H and O–H groups in total. The van der Waals surface area contributed by atoms with Crippen LogP contribution in [0.3, 0.4) is 0 Å². The summed E-state index contributed by atoms with van der Waals surface area (Å²) in [4.78, 5) is 38.0. The summed E-state index contributed by atoms with van der Waals surface area (Å²) in [6.07, 6.45) is 52.3. The van der Waals surface area contributed by atoms with Crippen molar-refractivity contribution in [3.8, 4) is 0 Å². The first-order valence-corrected chi connectivity index (χ1v) is 27.4. The van der Waals surface area contributed by atoms with Crippen molar-refractivity contribution in [3.63, 3.8) is 0 Å². The molecule has 0 bridgehead atoms. The summed E-state index contributed by atoms with van der Waals surface area (Å²) in [6.45, 7) is 9.04. The van der Waals surface area contributed by atoms with Gasteiger partial charge < -0.3 is 14.2 Å². The Labute approximate surface area is 380 Å². The predicted octanol–water partition coefficient (Wildman–Crippen LogP) is 17.8. The Hall–Kier alpha value is -1.59. The first kappa shape index (κ1) is 59.4. The van der Waals surface area contributed by atoms with Gasteiger partial charge in [-0.2, -0.15) is 0 Å². The van der Waals surface area contributed by atoms with Crippen LogP contribution in [0.4, 0.5) is 0 Å². The summed E-state index contributed by atoms with van der Waals surface area (Å²) < 4.78 is 16.8. The van der Waals surface area contributed by atoms with Gasteiger partial charge >= 0.3 is 17.9 Å². The van der Waals surface area contributed by atoms with Crippen molar-refractivity contribution in [2.75, 3.05) is 13.2 Å². The lowest BCUT2D eigenvalue weighted by molar-refractivity contribution is -0.167. The smallest absolute Gasteiger partial charge is 0.306 e. The van der Waals surface area contributed by atoms with Gasteiger partial charge in [0.05, 0.1) is 0 Å². The van der Waals surface area contributed by atoms with Gasteiger partial charge in [0.2, 0.25) is 0 Å². The van der Waals surface area contributed by atoms with E-state index in [4.69, 9.17) is 14.2 Å². The summed E-state index contributed by atoms with van der Waals surface area (Å²) in [5.41, 5.74) is 0. The van der Waals surface area contributed by atoms with Crippen molar-refractivity contribution < 1.29 is 28.6 Å². The zero-order chi connectivity index (χ0) is 44.5. The molecule has 0 aromatic rings. The Kier molecular flexibility index (Phi) is 48.1. The number of ether oxygens (including phenoxy) is 3. The molecule has 0 unspecified atom stereocenters. The number of unbranched alkanes of at least 4 members (excludes halogenated alkanes) is 37. The minimum atomic E-state index is -0.761. The number of carbonyl (C=O) groups is 3. The fourth-order valence-electron chi connectivity index (χ4n) is 8.39. The van der Waals surface area contributed by atoms with Gasteiger partial charge in [-0.25, -0.2) is 0 Å². The van der Waals surface area contributed by atoms with E-state index in [9.17, 15) is 14.4 Å². The predicted molar refractivity (Wildman–Crippen MR) is 261 cm³/mol. The van der Waals surface area contributed by atoms with E-state index in [1.807, 2.05) is 0 Å². The zero-order valence-corrected chi connectivity index (χ0v) is 41.6. The fourth-order valence-corrected chi connectivity index (χ4v) is 8.39. The lowest BCUT2D eigenvalue weighted by Crippen LogP contribution is -2.30. The Morgan fingerprint density at radius 1 is 0.311 bits per heavy atom. The molecule has 0 fully saturated rings. The molecule has 362 valence electrons. The van der Waals surface area contributed by atoms with Crippen LogP contribution in [0.15, 0.2) is 0 Å². The summed E-state index contributed by atoms with van der Waals surface area (Å²) >= 11 is 0. The largest absolute Gasteiger partial charge is 0.462 e. The average Bonchev–Trinajstić information content (AvgIpc) is 3.24. The molecule has 0 aliphatic heterocycles. The molecular weight excluding hydrogens is 757 g/mol. The third kappa shape index (κ3) is 49.3. The first-order valence-electron chi connectivity index (χ1n) is 27.4. The van der Waals surface area contributed by atoms with Crippen LogP contribution in [-0.2, 0) is 28.6 Å². The van der Waals surface area contributed by atoms with Crippen LogP contribution in [0, 0.1) is 5.92 Å². The maximum Gasteiger partial charge on any atom is 0.306 e. The molecule has 6 nitrogen and oxygen atoms in total. The standard InChI is InChI=1S/C55H106O6/c1-5-7-9-11-13-15-17-19-20-21-22-28-32-36-40-44-48-55(58)61-52(49-59-53(56)46-42-38-34-30-26-18-16-14-12-10-8-6-2)50-60-54(57)47-43-39-35-31-27-24-23-25-29-33-37-41-45-51(3)4/h51-52H,5-50H2,1-4H3/t52-/m1/s1. The first-order chi connectivity index (χ1) is 29.9. The Balaban J connectivity index is 4.30. The van der Waals surface area contributed by atoms with Crippen molar-refractivity contribution in [1.82, 2.24) is 0 Å². The van der Waals surface area contributed by atoms with Gasteiger partial charge in [0.15, 0.2) is 6.10 Å². The van der Waals surface area contributed by atoms with Gasteiger partial charge in [0.1, 0.15) is 13.2 Å². The molecule has 0 aliphatic carbocycles. The van der Waals surface area contributed by atoms with Crippen LogP contribution in [0.5, 0.6) is 0 Å². The maximum atomic E-state index is 12.8. The Bertz CT molecular complexity index is 918. The molecule has 0 radical (unpaired) electrons. The summed E-state index contributed by atoms with van der Waals surface area (Å²) in [5, 5.41) is 0. The van der Waals surface area contributed by atoms with E-state index in [1.165, 1.54) is 205 Å². The third-order valence-electron chi connectivity index (χ3n) is 12.5. The van der Waals surface area contributed by atoms with Crippen molar-refractivity contribution in [3.05, 3.63) is 0 Å². The van der Waals surface area contributed by atoms with Crippen LogP contribution >= 0.6 is 0 Å². The Morgan fingerprint density at radius 3 is 0.803 bits per heavy atom. The van der Waals surface area contributed by atoms with Gasteiger partial charge in [-0.15, -0.1) is 0 Å². The van der Waals surface area contributed by atoms with Crippen molar-refractivity contribution >= 4 is 17.9 Å². The second kappa shape index (κ2) is 49.4. The molecule has 0 aromatic heterocycles. The van der Waals surface area contributed by atoms with Crippen LogP contribution < -0.4 is 0 Å². The molecule has 0 saturated carbocycles. The van der Waals surface area contributed by atoms with E-state index in [0.29, 0.717) is 19.3 Å². The highest BCUT2D eigenvalue weighted by atomic mass is 16.6. The molecule has 0 amide bonds. The van der Waals surface area contributed by atoms with E-state index in [1.54, 1.807) is 0 Å². The highest BCUT2D eigenvalue weighted by Crippen LogP contribution is 2.17. The van der Waals surface area contributed by atoms with E-state index in [-0.39, 0.29) is 31.1 Å². The highest BCUT2D eigenvalue weighted by molar-refractivity contribution is 5.71. The maximum absolute atomic E-state index is 12.8. The van der Waals surface area contributed by atoms with E-state index in [0.717, 1.165) is 63.7 Å². The summed E-state index contributed by atoms with van der Waals surface area (Å²) in [5.74, 6) is -0.00580. The molecule has 0 rings (SSSR count). The number of carbonyl (C=O) groups excluding carboxylic acids is 3. The summed E-state index contributed by atoms with van der Waals surface area (Å²) in [7, 11) is 0. The minimum absolute atomic E-state index is 0.0623. The molecule has 6 heteroatoms. The average molecular weight is 863 g/mol. The van der Waals surface area contributed by atoms with Crippen molar-refractivity contribution in [1.29, 1.82) is 0 Å². The lowest BCUT2D eigenvalue weighted by Gasteiger charge is -2.18. The van der Waals surface area contributed by atoms with Gasteiger partial charge in [-0.05, 0) is 25.2 Å². The molecule has 0 spiro atoms. The SMILES string of the molecule is CCCCCCCCCCCCCCCCCCC(=O)O[C@H](COC(=O)CCCCCCCCCCCCCC)COC(=O)CCCCCCCCCCCCCCC(C)C. The zero-order valence-electron chi connectivity index (χ0n) is 41.6. The van der Waals surface area contributed by atoms with E-state index in [2.05, 4.69) is 27.7 Å². The monoisotopic (exact) mass is 863 g/mol. The molecule has 0 saturated heterocycles. The minimum Gasteiger partial charge on any atom is -0.462 e. The van der Waals surface area contributed by atoms with E-state index >= 15 is 0 Å². The number of rotatable bonds is 50.